The molecule has 0 atom stereocenters. The van der Waals surface area contributed by atoms with Gasteiger partial charge in [0.2, 0.25) is 0 Å². The summed E-state index contributed by atoms with van der Waals surface area (Å²) in [6.07, 6.45) is 1.46. The van der Waals surface area contributed by atoms with Crippen molar-refractivity contribution in [3.63, 3.8) is 0 Å². The number of carbonyl (C=O) groups is 1. The second kappa shape index (κ2) is 5.54. The highest BCUT2D eigenvalue weighted by atomic mass is 35.5. The predicted octanol–water partition coefficient (Wildman–Crippen LogP) is 2.48. The van der Waals surface area contributed by atoms with E-state index in [1.165, 1.54) is 24.4 Å². The van der Waals surface area contributed by atoms with Gasteiger partial charge in [0.1, 0.15) is 5.69 Å². The lowest BCUT2D eigenvalue weighted by Crippen LogP contribution is -2.15. The Morgan fingerprint density at radius 2 is 2.10 bits per heavy atom. The summed E-state index contributed by atoms with van der Waals surface area (Å²) >= 11 is 5.86. The first-order valence-electron chi connectivity index (χ1n) is 5.45. The highest BCUT2D eigenvalue weighted by molar-refractivity contribution is 6.33. The average molecular weight is 293 g/mol. The van der Waals surface area contributed by atoms with Crippen molar-refractivity contribution in [2.45, 2.75) is 0 Å². The van der Waals surface area contributed by atoms with E-state index in [2.05, 4.69) is 10.3 Å². The lowest BCUT2D eigenvalue weighted by atomic mass is 10.1. The number of carbonyl (C=O) groups excluding carboxylic acids is 1. The Morgan fingerprint density at radius 3 is 2.75 bits per heavy atom. The zero-order valence-electron chi connectivity index (χ0n) is 10.0. The number of nitro benzene ring substituents is 1. The molecule has 0 spiro atoms. The van der Waals surface area contributed by atoms with Crippen LogP contribution in [0.15, 0.2) is 36.5 Å². The fourth-order valence-corrected chi connectivity index (χ4v) is 1.73. The zero-order chi connectivity index (χ0) is 14.7. The number of nitrogens with one attached hydrogen (secondary N) is 1. The second-order valence-electron chi connectivity index (χ2n) is 3.78. The van der Waals surface area contributed by atoms with Gasteiger partial charge in [0, 0.05) is 12.3 Å². The number of rotatable bonds is 3. The number of amides is 1. The molecule has 102 valence electrons. The van der Waals surface area contributed by atoms with Gasteiger partial charge in [-0.15, -0.1) is 0 Å². The standard InChI is InChI=1S/C12H9ClN4O3/c13-8-4-2-6-15-11(8)16-12(18)7-3-1-5-9(10(7)14)17(19)20/h1-6H,14H2,(H,15,16,18). The van der Waals surface area contributed by atoms with Crippen molar-refractivity contribution in [1.29, 1.82) is 0 Å². The van der Waals surface area contributed by atoms with Crippen LogP contribution in [0.3, 0.4) is 0 Å². The van der Waals surface area contributed by atoms with Crippen molar-refractivity contribution in [3.8, 4) is 0 Å². The summed E-state index contributed by atoms with van der Waals surface area (Å²) in [5, 5.41) is 13.5. The molecular weight excluding hydrogens is 284 g/mol. The number of benzene rings is 1. The maximum atomic E-state index is 12.0. The second-order valence-corrected chi connectivity index (χ2v) is 4.19. The molecule has 7 nitrogen and oxygen atoms in total. The van der Waals surface area contributed by atoms with Crippen molar-refractivity contribution >= 4 is 34.7 Å². The monoisotopic (exact) mass is 292 g/mol. The van der Waals surface area contributed by atoms with Crippen LogP contribution in [0.25, 0.3) is 0 Å². The number of nitrogens with zero attached hydrogens (tertiary/aromatic N) is 2. The van der Waals surface area contributed by atoms with E-state index >= 15 is 0 Å². The molecule has 0 saturated carbocycles. The van der Waals surface area contributed by atoms with Gasteiger partial charge in [0.15, 0.2) is 5.82 Å². The highest BCUT2D eigenvalue weighted by Gasteiger charge is 2.19. The van der Waals surface area contributed by atoms with Crippen LogP contribution in [0.4, 0.5) is 17.2 Å². The molecule has 8 heteroatoms. The SMILES string of the molecule is Nc1c(C(=O)Nc2ncccc2Cl)cccc1[N+](=O)[O-]. The average Bonchev–Trinajstić information content (AvgIpc) is 2.41. The third-order valence-corrected chi connectivity index (χ3v) is 2.82. The molecule has 20 heavy (non-hydrogen) atoms. The van der Waals surface area contributed by atoms with E-state index < -0.39 is 10.8 Å². The Balaban J connectivity index is 2.33. The lowest BCUT2D eigenvalue weighted by molar-refractivity contribution is -0.383. The minimum absolute atomic E-state index is 0.0130. The van der Waals surface area contributed by atoms with Crippen LogP contribution >= 0.6 is 11.6 Å². The number of aromatic nitrogens is 1. The molecule has 2 aromatic rings. The highest BCUT2D eigenvalue weighted by Crippen LogP contribution is 2.26. The number of nitro groups is 1. The number of nitrogens with two attached hydrogens (primary N) is 1. The van der Waals surface area contributed by atoms with E-state index in [-0.39, 0.29) is 27.8 Å². The van der Waals surface area contributed by atoms with Crippen LogP contribution in [0.5, 0.6) is 0 Å². The molecule has 0 unspecified atom stereocenters. The third kappa shape index (κ3) is 2.67. The van der Waals surface area contributed by atoms with Crippen molar-refractivity contribution in [2.24, 2.45) is 0 Å². The quantitative estimate of drug-likeness (QED) is 0.513. The molecule has 0 aliphatic rings. The van der Waals surface area contributed by atoms with Gasteiger partial charge in [0.25, 0.3) is 11.6 Å². The smallest absolute Gasteiger partial charge is 0.292 e. The molecular formula is C12H9ClN4O3. The lowest BCUT2D eigenvalue weighted by Gasteiger charge is -2.08. The van der Waals surface area contributed by atoms with E-state index in [9.17, 15) is 14.9 Å². The number of para-hydroxylation sites is 1. The molecule has 0 saturated heterocycles. The molecule has 0 aliphatic heterocycles. The van der Waals surface area contributed by atoms with Crippen molar-refractivity contribution in [3.05, 3.63) is 57.2 Å². The molecule has 2 rings (SSSR count). The number of hydrogen-bond donors (Lipinski definition) is 2. The van der Waals surface area contributed by atoms with Gasteiger partial charge in [-0.2, -0.15) is 0 Å². The number of pyridine rings is 1. The van der Waals surface area contributed by atoms with Gasteiger partial charge < -0.3 is 11.1 Å². The topological polar surface area (TPSA) is 111 Å². The minimum atomic E-state index is -0.653. The van der Waals surface area contributed by atoms with Gasteiger partial charge in [-0.05, 0) is 18.2 Å². The molecule has 0 bridgehead atoms. The van der Waals surface area contributed by atoms with Gasteiger partial charge in [-0.3, -0.25) is 14.9 Å². The maximum absolute atomic E-state index is 12.0. The molecule has 0 radical (unpaired) electrons. The fraction of sp³-hybridized carbons (Fsp3) is 0. The van der Waals surface area contributed by atoms with E-state index in [1.54, 1.807) is 12.1 Å². The number of hydrogen-bond acceptors (Lipinski definition) is 5. The normalized spacial score (nSPS) is 10.1. The van der Waals surface area contributed by atoms with Crippen LogP contribution in [0, 0.1) is 10.1 Å². The van der Waals surface area contributed by atoms with Crippen LogP contribution in [-0.4, -0.2) is 15.8 Å². The summed E-state index contributed by atoms with van der Waals surface area (Å²) in [4.78, 5) is 26.1. The van der Waals surface area contributed by atoms with E-state index in [4.69, 9.17) is 17.3 Å². The van der Waals surface area contributed by atoms with E-state index in [0.717, 1.165) is 0 Å². The van der Waals surface area contributed by atoms with Crippen LogP contribution < -0.4 is 11.1 Å². The van der Waals surface area contributed by atoms with E-state index in [1.807, 2.05) is 0 Å². The molecule has 3 N–H and O–H groups in total. The third-order valence-electron chi connectivity index (χ3n) is 2.51. The summed E-state index contributed by atoms with van der Waals surface area (Å²) in [6, 6.07) is 7.15. The molecule has 1 aromatic heterocycles. The Morgan fingerprint density at radius 1 is 1.35 bits per heavy atom. The van der Waals surface area contributed by atoms with Crippen LogP contribution in [0.1, 0.15) is 10.4 Å². The summed E-state index contributed by atoms with van der Waals surface area (Å²) in [6.45, 7) is 0. The summed E-state index contributed by atoms with van der Waals surface area (Å²) in [5.74, 6) is -0.461. The summed E-state index contributed by atoms with van der Waals surface area (Å²) < 4.78 is 0. The Hall–Kier alpha value is -2.67. The first-order chi connectivity index (χ1) is 9.50. The maximum Gasteiger partial charge on any atom is 0.292 e. The Labute approximate surface area is 118 Å². The fourth-order valence-electron chi connectivity index (χ4n) is 1.56. The molecule has 1 heterocycles. The minimum Gasteiger partial charge on any atom is -0.393 e. The van der Waals surface area contributed by atoms with Gasteiger partial charge in [-0.25, -0.2) is 4.98 Å². The van der Waals surface area contributed by atoms with Gasteiger partial charge in [0.05, 0.1) is 15.5 Å². The Bertz CT molecular complexity index is 690. The Kier molecular flexibility index (Phi) is 3.81. The first kappa shape index (κ1) is 13.8. The van der Waals surface area contributed by atoms with Crippen molar-refractivity contribution in [1.82, 2.24) is 4.98 Å². The largest absolute Gasteiger partial charge is 0.393 e. The van der Waals surface area contributed by atoms with Crippen molar-refractivity contribution < 1.29 is 9.72 Å². The number of halogens is 1. The number of nitrogen functional groups attached to an aromatic ring is 1. The van der Waals surface area contributed by atoms with E-state index in [0.29, 0.717) is 0 Å². The van der Waals surface area contributed by atoms with Gasteiger partial charge >= 0.3 is 0 Å². The molecule has 1 amide bonds. The van der Waals surface area contributed by atoms with Crippen LogP contribution in [-0.2, 0) is 0 Å². The zero-order valence-corrected chi connectivity index (χ0v) is 10.8. The van der Waals surface area contributed by atoms with Crippen LogP contribution in [0.2, 0.25) is 5.02 Å². The number of anilines is 2. The predicted molar refractivity (Wildman–Crippen MR) is 74.7 cm³/mol. The molecule has 1 aromatic carbocycles. The first-order valence-corrected chi connectivity index (χ1v) is 5.83. The van der Waals surface area contributed by atoms with Crippen molar-refractivity contribution in [2.75, 3.05) is 11.1 Å². The molecule has 0 aliphatic carbocycles. The summed E-state index contributed by atoms with van der Waals surface area (Å²) in [7, 11) is 0. The molecule has 0 fully saturated rings. The summed E-state index contributed by atoms with van der Waals surface area (Å²) in [5.41, 5.74) is 5.07. The van der Waals surface area contributed by atoms with Gasteiger partial charge in [-0.1, -0.05) is 17.7 Å².